The topological polar surface area (TPSA) is 97.1 Å². The summed E-state index contributed by atoms with van der Waals surface area (Å²) >= 11 is 0. The van der Waals surface area contributed by atoms with E-state index < -0.39 is 10.0 Å². The van der Waals surface area contributed by atoms with Gasteiger partial charge in [-0.2, -0.15) is 0 Å². The van der Waals surface area contributed by atoms with Gasteiger partial charge in [0.2, 0.25) is 10.0 Å². The van der Waals surface area contributed by atoms with Gasteiger partial charge in [0.1, 0.15) is 16.5 Å². The molecule has 0 radical (unpaired) electrons. The van der Waals surface area contributed by atoms with E-state index in [1.165, 1.54) is 12.3 Å². The second-order valence-electron chi connectivity index (χ2n) is 4.16. The molecule has 0 spiro atoms. The SMILES string of the molecule is CCNc1ccc(S(=O)(=O)NCc2cc(C)on2)cn1. The minimum absolute atomic E-state index is 0.0780. The largest absolute Gasteiger partial charge is 0.370 e. The van der Waals surface area contributed by atoms with Gasteiger partial charge in [-0.25, -0.2) is 18.1 Å². The van der Waals surface area contributed by atoms with Gasteiger partial charge in [-0.3, -0.25) is 0 Å². The van der Waals surface area contributed by atoms with Crippen LogP contribution in [0.2, 0.25) is 0 Å². The van der Waals surface area contributed by atoms with Crippen molar-refractivity contribution in [3.05, 3.63) is 35.9 Å². The van der Waals surface area contributed by atoms with E-state index in [0.717, 1.165) is 6.54 Å². The summed E-state index contributed by atoms with van der Waals surface area (Å²) in [5.74, 6) is 1.27. The molecule has 0 aromatic carbocycles. The Morgan fingerprint density at radius 3 is 2.70 bits per heavy atom. The van der Waals surface area contributed by atoms with Crippen molar-refractivity contribution in [1.82, 2.24) is 14.9 Å². The molecule has 2 rings (SSSR count). The lowest BCUT2D eigenvalue weighted by molar-refractivity contribution is 0.390. The lowest BCUT2D eigenvalue weighted by Gasteiger charge is -2.06. The van der Waals surface area contributed by atoms with Crippen LogP contribution in [0.3, 0.4) is 0 Å². The van der Waals surface area contributed by atoms with Crippen LogP contribution in [0.5, 0.6) is 0 Å². The summed E-state index contributed by atoms with van der Waals surface area (Å²) in [4.78, 5) is 4.14. The number of pyridine rings is 1. The summed E-state index contributed by atoms with van der Waals surface area (Å²) in [6.45, 7) is 4.49. The standard InChI is InChI=1S/C12H16N4O3S/c1-3-13-12-5-4-11(8-14-12)20(17,18)15-7-10-6-9(2)19-16-10/h4-6,8,15H,3,7H2,1-2H3,(H,13,14). The summed E-state index contributed by atoms with van der Waals surface area (Å²) in [6.07, 6.45) is 1.31. The molecule has 0 saturated carbocycles. The first kappa shape index (κ1) is 14.5. The van der Waals surface area contributed by atoms with Crippen LogP contribution >= 0.6 is 0 Å². The molecule has 0 fully saturated rings. The van der Waals surface area contributed by atoms with Crippen LogP contribution in [0.25, 0.3) is 0 Å². The maximum atomic E-state index is 12.1. The van der Waals surface area contributed by atoms with Crippen molar-refractivity contribution in [2.24, 2.45) is 0 Å². The molecule has 2 heterocycles. The molecule has 0 saturated heterocycles. The van der Waals surface area contributed by atoms with Crippen molar-refractivity contribution in [2.45, 2.75) is 25.3 Å². The zero-order valence-corrected chi connectivity index (χ0v) is 12.1. The number of hydrogen-bond donors (Lipinski definition) is 2. The van der Waals surface area contributed by atoms with Gasteiger partial charge in [-0.15, -0.1) is 0 Å². The number of hydrogen-bond acceptors (Lipinski definition) is 6. The lowest BCUT2D eigenvalue weighted by Crippen LogP contribution is -2.23. The molecule has 2 aromatic heterocycles. The maximum absolute atomic E-state index is 12.1. The predicted octanol–water partition coefficient (Wildman–Crippen LogP) is 1.29. The van der Waals surface area contributed by atoms with Crippen molar-refractivity contribution in [2.75, 3.05) is 11.9 Å². The van der Waals surface area contributed by atoms with E-state index in [1.54, 1.807) is 19.1 Å². The molecule has 0 aliphatic heterocycles. The molecule has 0 aliphatic rings. The van der Waals surface area contributed by atoms with E-state index >= 15 is 0 Å². The van der Waals surface area contributed by atoms with Gasteiger partial charge in [-0.05, 0) is 26.0 Å². The average Bonchev–Trinajstić information content (AvgIpc) is 2.84. The van der Waals surface area contributed by atoms with Crippen molar-refractivity contribution in [3.63, 3.8) is 0 Å². The summed E-state index contributed by atoms with van der Waals surface area (Å²) in [5.41, 5.74) is 0.531. The fourth-order valence-corrected chi connectivity index (χ4v) is 2.52. The van der Waals surface area contributed by atoms with Gasteiger partial charge in [0, 0.05) is 18.8 Å². The summed E-state index contributed by atoms with van der Waals surface area (Å²) < 4.78 is 31.4. The Hall–Kier alpha value is -1.93. The molecule has 108 valence electrons. The first-order chi connectivity index (χ1) is 9.51. The van der Waals surface area contributed by atoms with Gasteiger partial charge in [0.25, 0.3) is 0 Å². The Kier molecular flexibility index (Phi) is 4.35. The molecule has 0 atom stereocenters. The molecule has 0 unspecified atom stereocenters. The number of aromatic nitrogens is 2. The second-order valence-corrected chi connectivity index (χ2v) is 5.93. The van der Waals surface area contributed by atoms with Crippen LogP contribution in [0.4, 0.5) is 5.82 Å². The first-order valence-corrected chi connectivity index (χ1v) is 7.61. The molecule has 7 nitrogen and oxygen atoms in total. The summed E-state index contributed by atoms with van der Waals surface area (Å²) in [5, 5.41) is 6.72. The highest BCUT2D eigenvalue weighted by atomic mass is 32.2. The van der Waals surface area contributed by atoms with Crippen LogP contribution in [-0.4, -0.2) is 25.1 Å². The Morgan fingerprint density at radius 2 is 2.15 bits per heavy atom. The Bertz CT molecular complexity index is 664. The van der Waals surface area contributed by atoms with E-state index in [0.29, 0.717) is 17.3 Å². The van der Waals surface area contributed by atoms with E-state index in [9.17, 15) is 8.42 Å². The van der Waals surface area contributed by atoms with E-state index in [-0.39, 0.29) is 11.4 Å². The summed E-state index contributed by atoms with van der Waals surface area (Å²) in [7, 11) is -3.60. The lowest BCUT2D eigenvalue weighted by atomic mass is 10.4. The summed E-state index contributed by atoms with van der Waals surface area (Å²) in [6, 6.07) is 4.80. The normalized spacial score (nSPS) is 11.5. The molecule has 8 heteroatoms. The highest BCUT2D eigenvalue weighted by molar-refractivity contribution is 7.89. The van der Waals surface area contributed by atoms with Crippen molar-refractivity contribution < 1.29 is 12.9 Å². The molecule has 2 N–H and O–H groups in total. The first-order valence-electron chi connectivity index (χ1n) is 6.13. The smallest absolute Gasteiger partial charge is 0.242 e. The zero-order valence-electron chi connectivity index (χ0n) is 11.3. The second kappa shape index (κ2) is 6.02. The van der Waals surface area contributed by atoms with Crippen LogP contribution < -0.4 is 10.0 Å². The third-order valence-electron chi connectivity index (χ3n) is 2.52. The number of aryl methyl sites for hydroxylation is 1. The average molecular weight is 296 g/mol. The van der Waals surface area contributed by atoms with E-state index in [2.05, 4.69) is 20.2 Å². The number of nitrogens with zero attached hydrogens (tertiary/aromatic N) is 2. The third kappa shape index (κ3) is 3.55. The van der Waals surface area contributed by atoms with Crippen LogP contribution in [0.1, 0.15) is 18.4 Å². The monoisotopic (exact) mass is 296 g/mol. The third-order valence-corrected chi connectivity index (χ3v) is 3.91. The Balaban J connectivity index is 2.05. The van der Waals surface area contributed by atoms with Crippen LogP contribution in [0, 0.1) is 6.92 Å². The number of anilines is 1. The molecular formula is C12H16N4O3S. The highest BCUT2D eigenvalue weighted by Gasteiger charge is 2.15. The van der Waals surface area contributed by atoms with Gasteiger partial charge in [0.05, 0.1) is 12.2 Å². The predicted molar refractivity (Wildman–Crippen MR) is 73.7 cm³/mol. The van der Waals surface area contributed by atoms with E-state index in [1.807, 2.05) is 6.92 Å². The number of sulfonamides is 1. The number of nitrogens with one attached hydrogen (secondary N) is 2. The fraction of sp³-hybridized carbons (Fsp3) is 0.333. The quantitative estimate of drug-likeness (QED) is 0.833. The van der Waals surface area contributed by atoms with Crippen molar-refractivity contribution in [1.29, 1.82) is 0 Å². The highest BCUT2D eigenvalue weighted by Crippen LogP contribution is 2.11. The molecule has 2 aromatic rings. The molecule has 0 amide bonds. The Labute approximate surface area is 117 Å². The number of rotatable bonds is 6. The van der Waals surface area contributed by atoms with Gasteiger partial charge in [-0.1, -0.05) is 5.16 Å². The minimum atomic E-state index is -3.60. The van der Waals surface area contributed by atoms with Crippen LogP contribution in [-0.2, 0) is 16.6 Å². The molecule has 0 bridgehead atoms. The van der Waals surface area contributed by atoms with Crippen LogP contribution in [0.15, 0.2) is 33.8 Å². The maximum Gasteiger partial charge on any atom is 0.242 e. The fourth-order valence-electron chi connectivity index (χ4n) is 1.58. The van der Waals surface area contributed by atoms with Crippen molar-refractivity contribution >= 4 is 15.8 Å². The molecule has 0 aliphatic carbocycles. The minimum Gasteiger partial charge on any atom is -0.370 e. The Morgan fingerprint density at radius 1 is 1.35 bits per heavy atom. The van der Waals surface area contributed by atoms with E-state index in [4.69, 9.17) is 4.52 Å². The van der Waals surface area contributed by atoms with Gasteiger partial charge in [0.15, 0.2) is 0 Å². The molecular weight excluding hydrogens is 280 g/mol. The zero-order chi connectivity index (χ0) is 14.6. The van der Waals surface area contributed by atoms with Gasteiger partial charge >= 0.3 is 0 Å². The van der Waals surface area contributed by atoms with Gasteiger partial charge < -0.3 is 9.84 Å². The molecule has 20 heavy (non-hydrogen) atoms. The van der Waals surface area contributed by atoms with Crippen molar-refractivity contribution in [3.8, 4) is 0 Å².